The van der Waals surface area contributed by atoms with Crippen molar-refractivity contribution in [2.75, 3.05) is 5.32 Å². The van der Waals surface area contributed by atoms with Gasteiger partial charge in [0.15, 0.2) is 0 Å². The van der Waals surface area contributed by atoms with Crippen LogP contribution in [0.25, 0.3) is 0 Å². The normalized spacial score (nSPS) is 10.1. The molecule has 2 heterocycles. The number of nitrogens with one attached hydrogen (secondary N) is 1. The van der Waals surface area contributed by atoms with Crippen LogP contribution in [0.1, 0.15) is 28.8 Å². The molecule has 0 unspecified atom stereocenters. The molecular weight excluding hydrogens is 244 g/mol. The van der Waals surface area contributed by atoms with E-state index < -0.39 is 0 Å². The van der Waals surface area contributed by atoms with Crippen LogP contribution in [0.2, 0.25) is 0 Å². The Bertz CT molecular complexity index is 583. The maximum absolute atomic E-state index is 8.85. The number of hydrogen-bond acceptors (Lipinski definition) is 5. The van der Waals surface area contributed by atoms with E-state index in [9.17, 15) is 0 Å². The molecule has 0 aliphatic carbocycles. The topological polar surface area (TPSA) is 61.6 Å². The average Bonchev–Trinajstić information content (AvgIpc) is 2.83. The van der Waals surface area contributed by atoms with Gasteiger partial charge in [0.2, 0.25) is 5.95 Å². The highest BCUT2D eigenvalue weighted by atomic mass is 32.1. The fraction of sp³-hybridized carbons (Fsp3) is 0.308. The number of nitriles is 1. The summed E-state index contributed by atoms with van der Waals surface area (Å²) in [5.74, 6) is 0.516. The fourth-order valence-corrected chi connectivity index (χ4v) is 2.62. The lowest BCUT2D eigenvalue weighted by molar-refractivity contribution is 1.01. The lowest BCUT2D eigenvalue weighted by atomic mass is 10.2. The van der Waals surface area contributed by atoms with Gasteiger partial charge in [0.25, 0.3) is 0 Å². The molecule has 0 aliphatic heterocycles. The third-order valence-electron chi connectivity index (χ3n) is 2.59. The van der Waals surface area contributed by atoms with Crippen molar-refractivity contribution < 1.29 is 0 Å². The van der Waals surface area contributed by atoms with Crippen molar-refractivity contribution in [1.29, 1.82) is 5.26 Å². The van der Waals surface area contributed by atoms with Crippen LogP contribution < -0.4 is 5.32 Å². The highest BCUT2D eigenvalue weighted by Gasteiger charge is 2.05. The van der Waals surface area contributed by atoms with E-state index in [0.29, 0.717) is 18.2 Å². The standard InChI is InChI=1S/C13H14N4S/c1-3-10-4-5-18-12(10)8-15-13-16-9(2)6-11(7-14)17-13/h4-6H,3,8H2,1-2H3,(H,15,16,17). The van der Waals surface area contributed by atoms with E-state index >= 15 is 0 Å². The number of hydrogen-bond donors (Lipinski definition) is 1. The van der Waals surface area contributed by atoms with Crippen molar-refractivity contribution in [3.05, 3.63) is 39.3 Å². The minimum atomic E-state index is 0.395. The van der Waals surface area contributed by atoms with Gasteiger partial charge in [-0.1, -0.05) is 6.92 Å². The predicted octanol–water partition coefficient (Wildman–Crippen LogP) is 2.89. The van der Waals surface area contributed by atoms with Crippen LogP contribution in [0.5, 0.6) is 0 Å². The second kappa shape index (κ2) is 5.61. The zero-order valence-electron chi connectivity index (χ0n) is 10.4. The summed E-state index contributed by atoms with van der Waals surface area (Å²) in [6.07, 6.45) is 1.03. The monoisotopic (exact) mass is 258 g/mol. The number of nitrogens with zero attached hydrogens (tertiary/aromatic N) is 3. The summed E-state index contributed by atoms with van der Waals surface area (Å²) in [6.45, 7) is 4.70. The molecule has 4 nitrogen and oxygen atoms in total. The number of aromatic nitrogens is 2. The molecule has 0 amide bonds. The van der Waals surface area contributed by atoms with Crippen molar-refractivity contribution >= 4 is 17.3 Å². The summed E-state index contributed by atoms with van der Waals surface area (Å²) in [6, 6.07) is 5.85. The minimum absolute atomic E-state index is 0.395. The van der Waals surface area contributed by atoms with Crippen LogP contribution in [0.15, 0.2) is 17.5 Å². The quantitative estimate of drug-likeness (QED) is 0.916. The Kier molecular flexibility index (Phi) is 3.90. The van der Waals surface area contributed by atoms with Gasteiger partial charge in [-0.2, -0.15) is 5.26 Å². The van der Waals surface area contributed by atoms with Crippen LogP contribution in [0.4, 0.5) is 5.95 Å². The van der Waals surface area contributed by atoms with Crippen molar-refractivity contribution in [1.82, 2.24) is 9.97 Å². The Hall–Kier alpha value is -1.93. The van der Waals surface area contributed by atoms with Gasteiger partial charge < -0.3 is 5.32 Å². The van der Waals surface area contributed by atoms with Gasteiger partial charge in [-0.05, 0) is 36.4 Å². The van der Waals surface area contributed by atoms with Crippen LogP contribution >= 0.6 is 11.3 Å². The molecule has 2 aromatic heterocycles. The second-order valence-electron chi connectivity index (χ2n) is 3.91. The molecule has 0 aliphatic rings. The summed E-state index contributed by atoms with van der Waals surface area (Å²) in [5, 5.41) is 14.1. The molecule has 0 aromatic carbocycles. The largest absolute Gasteiger partial charge is 0.349 e. The van der Waals surface area contributed by atoms with Gasteiger partial charge in [0.1, 0.15) is 11.8 Å². The molecule has 0 saturated carbocycles. The first-order valence-corrected chi connectivity index (χ1v) is 6.65. The number of anilines is 1. The van der Waals surface area contributed by atoms with E-state index in [4.69, 9.17) is 5.26 Å². The maximum atomic E-state index is 8.85. The van der Waals surface area contributed by atoms with Crippen molar-refractivity contribution in [3.8, 4) is 6.07 Å². The van der Waals surface area contributed by atoms with E-state index in [-0.39, 0.29) is 0 Å². The van der Waals surface area contributed by atoms with Crippen LogP contribution in [0, 0.1) is 18.3 Å². The lowest BCUT2D eigenvalue weighted by Crippen LogP contribution is -2.05. The minimum Gasteiger partial charge on any atom is -0.349 e. The van der Waals surface area contributed by atoms with E-state index in [1.807, 2.05) is 13.0 Å². The summed E-state index contributed by atoms with van der Waals surface area (Å²) in [4.78, 5) is 9.69. The van der Waals surface area contributed by atoms with Crippen molar-refractivity contribution in [2.24, 2.45) is 0 Å². The predicted molar refractivity (Wildman–Crippen MR) is 72.5 cm³/mol. The smallest absolute Gasteiger partial charge is 0.224 e. The molecule has 0 saturated heterocycles. The zero-order valence-corrected chi connectivity index (χ0v) is 11.2. The molecule has 0 bridgehead atoms. The third-order valence-corrected chi connectivity index (χ3v) is 3.56. The molecule has 1 N–H and O–H groups in total. The molecule has 5 heteroatoms. The lowest BCUT2D eigenvalue weighted by Gasteiger charge is -2.06. The van der Waals surface area contributed by atoms with E-state index in [1.54, 1.807) is 17.4 Å². The van der Waals surface area contributed by atoms with Crippen LogP contribution in [0.3, 0.4) is 0 Å². The summed E-state index contributed by atoms with van der Waals surface area (Å²) in [5.41, 5.74) is 2.54. The summed E-state index contributed by atoms with van der Waals surface area (Å²) < 4.78 is 0. The molecular formula is C13H14N4S. The first-order valence-electron chi connectivity index (χ1n) is 5.77. The SMILES string of the molecule is CCc1ccsc1CNc1nc(C)cc(C#N)n1. The first kappa shape index (κ1) is 12.5. The molecule has 0 fully saturated rings. The Labute approximate surface area is 110 Å². The third kappa shape index (κ3) is 2.84. The summed E-state index contributed by atoms with van der Waals surface area (Å²) >= 11 is 1.72. The molecule has 2 aromatic rings. The van der Waals surface area contributed by atoms with Crippen LogP contribution in [-0.2, 0) is 13.0 Å². The zero-order chi connectivity index (χ0) is 13.0. The average molecular weight is 258 g/mol. The molecule has 92 valence electrons. The summed E-state index contributed by atoms with van der Waals surface area (Å²) in [7, 11) is 0. The Morgan fingerprint density at radius 1 is 1.44 bits per heavy atom. The van der Waals surface area contributed by atoms with Gasteiger partial charge in [0.05, 0.1) is 6.54 Å². The van der Waals surface area contributed by atoms with E-state index in [1.165, 1.54) is 10.4 Å². The Morgan fingerprint density at radius 3 is 3.00 bits per heavy atom. The highest BCUT2D eigenvalue weighted by Crippen LogP contribution is 2.18. The van der Waals surface area contributed by atoms with Crippen molar-refractivity contribution in [3.63, 3.8) is 0 Å². The van der Waals surface area contributed by atoms with E-state index in [0.717, 1.165) is 12.1 Å². The van der Waals surface area contributed by atoms with Gasteiger partial charge in [-0.15, -0.1) is 11.3 Å². The van der Waals surface area contributed by atoms with Gasteiger partial charge >= 0.3 is 0 Å². The Morgan fingerprint density at radius 2 is 2.28 bits per heavy atom. The molecule has 2 rings (SSSR count). The fourth-order valence-electron chi connectivity index (χ4n) is 1.70. The number of rotatable bonds is 4. The van der Waals surface area contributed by atoms with Gasteiger partial charge in [-0.25, -0.2) is 9.97 Å². The Balaban J connectivity index is 2.11. The molecule has 18 heavy (non-hydrogen) atoms. The number of thiophene rings is 1. The highest BCUT2D eigenvalue weighted by molar-refractivity contribution is 7.10. The maximum Gasteiger partial charge on any atom is 0.224 e. The van der Waals surface area contributed by atoms with Crippen molar-refractivity contribution in [2.45, 2.75) is 26.8 Å². The molecule has 0 radical (unpaired) electrons. The first-order chi connectivity index (χ1) is 8.72. The second-order valence-corrected chi connectivity index (χ2v) is 4.91. The molecule has 0 atom stereocenters. The van der Waals surface area contributed by atoms with Gasteiger partial charge in [0, 0.05) is 10.6 Å². The van der Waals surface area contributed by atoms with Crippen LogP contribution in [-0.4, -0.2) is 9.97 Å². The number of aryl methyl sites for hydroxylation is 2. The van der Waals surface area contributed by atoms with Gasteiger partial charge in [-0.3, -0.25) is 0 Å². The molecule has 0 spiro atoms. The van der Waals surface area contributed by atoms with E-state index in [2.05, 4.69) is 33.7 Å².